The minimum atomic E-state index is 0.277. The Morgan fingerprint density at radius 2 is 2.28 bits per heavy atom. The molecule has 2 rings (SSSR count). The van der Waals surface area contributed by atoms with E-state index in [1.807, 2.05) is 7.05 Å². The van der Waals surface area contributed by atoms with Gasteiger partial charge in [-0.1, -0.05) is 15.9 Å². The number of halogens is 1. The van der Waals surface area contributed by atoms with Crippen LogP contribution in [0.3, 0.4) is 0 Å². The molecule has 0 aromatic heterocycles. The molecule has 18 heavy (non-hydrogen) atoms. The maximum absolute atomic E-state index is 5.52. The summed E-state index contributed by atoms with van der Waals surface area (Å²) in [6.45, 7) is 3.75. The Morgan fingerprint density at radius 1 is 1.50 bits per heavy atom. The fourth-order valence-electron chi connectivity index (χ4n) is 2.55. The molecule has 0 bridgehead atoms. The lowest BCUT2D eigenvalue weighted by molar-refractivity contribution is 0.177. The first-order chi connectivity index (χ1) is 8.67. The van der Waals surface area contributed by atoms with Crippen molar-refractivity contribution in [1.29, 1.82) is 0 Å². The molecule has 100 valence electrons. The molecule has 0 radical (unpaired) electrons. The average Bonchev–Trinajstić information content (AvgIpc) is 2.88. The molecule has 1 N–H and O–H groups in total. The largest absolute Gasteiger partial charge is 0.496 e. The molecule has 1 aromatic rings. The fourth-order valence-corrected chi connectivity index (χ4v) is 2.91. The van der Waals surface area contributed by atoms with Crippen LogP contribution in [0.25, 0.3) is 0 Å². The van der Waals surface area contributed by atoms with Crippen LogP contribution in [0.15, 0.2) is 16.6 Å². The summed E-state index contributed by atoms with van der Waals surface area (Å²) in [7, 11) is 3.72. The third-order valence-electron chi connectivity index (χ3n) is 3.59. The number of methoxy groups -OCH3 is 1. The predicted octanol–water partition coefficient (Wildman–Crippen LogP) is 3.06. The van der Waals surface area contributed by atoms with Gasteiger partial charge < -0.3 is 14.8 Å². The van der Waals surface area contributed by atoms with Gasteiger partial charge in [0.15, 0.2) is 0 Å². The van der Waals surface area contributed by atoms with Gasteiger partial charge in [-0.2, -0.15) is 0 Å². The van der Waals surface area contributed by atoms with Crippen molar-refractivity contribution in [2.75, 3.05) is 27.4 Å². The van der Waals surface area contributed by atoms with Gasteiger partial charge in [-0.25, -0.2) is 0 Å². The smallest absolute Gasteiger partial charge is 0.123 e. The summed E-state index contributed by atoms with van der Waals surface area (Å²) in [6.07, 6.45) is 1.10. The van der Waals surface area contributed by atoms with E-state index in [0.29, 0.717) is 5.92 Å². The summed E-state index contributed by atoms with van der Waals surface area (Å²) in [5, 5.41) is 3.40. The molecule has 1 aliphatic rings. The Hall–Kier alpha value is -0.580. The van der Waals surface area contributed by atoms with E-state index in [4.69, 9.17) is 9.47 Å². The number of nitrogens with one attached hydrogen (secondary N) is 1. The molecule has 1 aliphatic heterocycles. The molecule has 1 saturated heterocycles. The second-order valence-electron chi connectivity index (χ2n) is 4.73. The van der Waals surface area contributed by atoms with Crippen LogP contribution in [0.1, 0.15) is 23.6 Å². The molecule has 2 atom stereocenters. The van der Waals surface area contributed by atoms with Gasteiger partial charge in [-0.15, -0.1) is 0 Å². The Kier molecular flexibility index (Phi) is 4.65. The van der Waals surface area contributed by atoms with Crippen LogP contribution < -0.4 is 10.1 Å². The van der Waals surface area contributed by atoms with Crippen LogP contribution in [0.4, 0.5) is 0 Å². The Morgan fingerprint density at radius 3 is 2.83 bits per heavy atom. The van der Waals surface area contributed by atoms with Gasteiger partial charge in [0.05, 0.1) is 13.7 Å². The summed E-state index contributed by atoms with van der Waals surface area (Å²) in [5.41, 5.74) is 2.39. The second-order valence-corrected chi connectivity index (χ2v) is 5.59. The number of benzene rings is 1. The highest BCUT2D eigenvalue weighted by Gasteiger charge is 2.28. The predicted molar refractivity (Wildman–Crippen MR) is 76.2 cm³/mol. The summed E-state index contributed by atoms with van der Waals surface area (Å²) in [6, 6.07) is 4.52. The third kappa shape index (κ3) is 2.71. The fraction of sp³-hybridized carbons (Fsp3) is 0.571. The summed E-state index contributed by atoms with van der Waals surface area (Å²) >= 11 is 3.60. The zero-order chi connectivity index (χ0) is 13.1. The van der Waals surface area contributed by atoms with Crippen molar-refractivity contribution in [2.24, 2.45) is 5.92 Å². The van der Waals surface area contributed by atoms with E-state index in [-0.39, 0.29) is 6.04 Å². The minimum absolute atomic E-state index is 0.277. The highest BCUT2D eigenvalue weighted by molar-refractivity contribution is 9.10. The number of hydrogen-bond acceptors (Lipinski definition) is 3. The van der Waals surface area contributed by atoms with Crippen molar-refractivity contribution in [3.8, 4) is 5.75 Å². The van der Waals surface area contributed by atoms with Crippen LogP contribution in [0, 0.1) is 12.8 Å². The quantitative estimate of drug-likeness (QED) is 0.926. The first-order valence-corrected chi connectivity index (χ1v) is 7.05. The van der Waals surface area contributed by atoms with Gasteiger partial charge in [-0.05, 0) is 38.1 Å². The topological polar surface area (TPSA) is 30.5 Å². The molecule has 0 amide bonds. The zero-order valence-electron chi connectivity index (χ0n) is 11.1. The van der Waals surface area contributed by atoms with Crippen molar-refractivity contribution in [2.45, 2.75) is 19.4 Å². The molecular formula is C14H20BrNO2. The lowest BCUT2D eigenvalue weighted by Crippen LogP contribution is -2.26. The van der Waals surface area contributed by atoms with Crippen LogP contribution in [0.2, 0.25) is 0 Å². The number of aryl methyl sites for hydroxylation is 1. The number of ether oxygens (including phenoxy) is 2. The molecule has 0 saturated carbocycles. The van der Waals surface area contributed by atoms with Crippen molar-refractivity contribution in [3.05, 3.63) is 27.7 Å². The first-order valence-electron chi connectivity index (χ1n) is 6.26. The molecule has 1 heterocycles. The summed E-state index contributed by atoms with van der Waals surface area (Å²) in [4.78, 5) is 0. The Balaban J connectivity index is 2.37. The first kappa shape index (κ1) is 13.8. The SMILES string of the molecule is CNC(c1cc(Br)c(C)cc1OC)C1CCOC1. The van der Waals surface area contributed by atoms with Crippen molar-refractivity contribution in [3.63, 3.8) is 0 Å². The lowest BCUT2D eigenvalue weighted by atomic mass is 9.91. The number of rotatable bonds is 4. The molecule has 0 aliphatic carbocycles. The van der Waals surface area contributed by atoms with Crippen LogP contribution >= 0.6 is 15.9 Å². The van der Waals surface area contributed by atoms with Gasteiger partial charge in [0.2, 0.25) is 0 Å². The minimum Gasteiger partial charge on any atom is -0.496 e. The van der Waals surface area contributed by atoms with Crippen molar-refractivity contribution >= 4 is 15.9 Å². The van der Waals surface area contributed by atoms with E-state index in [9.17, 15) is 0 Å². The second kappa shape index (κ2) is 6.04. The zero-order valence-corrected chi connectivity index (χ0v) is 12.7. The van der Waals surface area contributed by atoms with E-state index in [2.05, 4.69) is 40.3 Å². The van der Waals surface area contributed by atoms with Crippen LogP contribution in [0.5, 0.6) is 5.75 Å². The molecule has 2 unspecified atom stereocenters. The van der Waals surface area contributed by atoms with Crippen molar-refractivity contribution in [1.82, 2.24) is 5.32 Å². The maximum Gasteiger partial charge on any atom is 0.123 e. The Labute approximate surface area is 117 Å². The normalized spacial score (nSPS) is 21.0. The van der Waals surface area contributed by atoms with Gasteiger partial charge in [-0.3, -0.25) is 0 Å². The van der Waals surface area contributed by atoms with Gasteiger partial charge in [0, 0.05) is 28.6 Å². The monoisotopic (exact) mass is 313 g/mol. The molecule has 0 spiro atoms. The number of hydrogen-bond donors (Lipinski definition) is 1. The molecule has 1 aromatic carbocycles. The summed E-state index contributed by atoms with van der Waals surface area (Å²) in [5.74, 6) is 1.46. The Bertz CT molecular complexity index is 417. The molecular weight excluding hydrogens is 294 g/mol. The van der Waals surface area contributed by atoms with Gasteiger partial charge in [0.1, 0.15) is 5.75 Å². The molecule has 1 fully saturated rings. The maximum atomic E-state index is 5.52. The van der Waals surface area contributed by atoms with E-state index in [1.165, 1.54) is 11.1 Å². The van der Waals surface area contributed by atoms with Gasteiger partial charge >= 0.3 is 0 Å². The third-order valence-corrected chi connectivity index (χ3v) is 4.45. The van der Waals surface area contributed by atoms with E-state index in [1.54, 1.807) is 7.11 Å². The van der Waals surface area contributed by atoms with Crippen molar-refractivity contribution < 1.29 is 9.47 Å². The summed E-state index contributed by atoms with van der Waals surface area (Å²) < 4.78 is 12.1. The average molecular weight is 314 g/mol. The van der Waals surface area contributed by atoms with E-state index < -0.39 is 0 Å². The molecule has 3 nitrogen and oxygen atoms in total. The lowest BCUT2D eigenvalue weighted by Gasteiger charge is -2.25. The van der Waals surface area contributed by atoms with Crippen LogP contribution in [-0.2, 0) is 4.74 Å². The highest BCUT2D eigenvalue weighted by Crippen LogP contribution is 2.36. The van der Waals surface area contributed by atoms with Gasteiger partial charge in [0.25, 0.3) is 0 Å². The van der Waals surface area contributed by atoms with E-state index >= 15 is 0 Å². The van der Waals surface area contributed by atoms with Crippen LogP contribution in [-0.4, -0.2) is 27.4 Å². The standard InChI is InChI=1S/C14H20BrNO2/c1-9-6-13(17-3)11(7-12(9)15)14(16-2)10-4-5-18-8-10/h6-7,10,14,16H,4-5,8H2,1-3H3. The highest BCUT2D eigenvalue weighted by atomic mass is 79.9. The molecule has 4 heteroatoms. The van der Waals surface area contributed by atoms with E-state index in [0.717, 1.165) is 29.9 Å².